The first-order valence-electron chi connectivity index (χ1n) is 13.3. The number of carbonyl (C=O) groups excluding carboxylic acids is 5. The Kier molecular flexibility index (Phi) is 11.1. The SMILES string of the molecule is CCOC(=O)COc1ccc(C(=O)CN2CCN(C3CCN(C(=O)OC(C)OC(=O)CC)CC3)CC2=O)cc1. The van der Waals surface area contributed by atoms with Crippen LogP contribution in [0.1, 0.15) is 50.4 Å². The minimum Gasteiger partial charge on any atom is -0.482 e. The normalized spacial score (nSPS) is 17.4. The van der Waals surface area contributed by atoms with Crippen LogP contribution in [0, 0.1) is 0 Å². The van der Waals surface area contributed by atoms with Crippen molar-refractivity contribution in [1.82, 2.24) is 14.7 Å². The molecular weight excluding hydrogens is 510 g/mol. The molecule has 2 aliphatic rings. The summed E-state index contributed by atoms with van der Waals surface area (Å²) >= 11 is 0. The number of piperazine rings is 1. The van der Waals surface area contributed by atoms with Gasteiger partial charge >= 0.3 is 18.0 Å². The van der Waals surface area contributed by atoms with Gasteiger partial charge < -0.3 is 28.7 Å². The lowest BCUT2D eigenvalue weighted by Crippen LogP contribution is -2.56. The molecule has 3 rings (SSSR count). The third-order valence-electron chi connectivity index (χ3n) is 6.61. The lowest BCUT2D eigenvalue weighted by Gasteiger charge is -2.42. The van der Waals surface area contributed by atoms with Crippen molar-refractivity contribution >= 4 is 29.7 Å². The van der Waals surface area contributed by atoms with Crippen molar-refractivity contribution in [3.8, 4) is 5.75 Å². The van der Waals surface area contributed by atoms with E-state index < -0.39 is 24.3 Å². The summed E-state index contributed by atoms with van der Waals surface area (Å²) in [6, 6.07) is 6.57. The number of Topliss-reactive ketones (excluding diaryl/α,β-unsaturated/α-hetero) is 1. The van der Waals surface area contributed by atoms with Crippen LogP contribution in [0.15, 0.2) is 24.3 Å². The van der Waals surface area contributed by atoms with Crippen LogP contribution in [-0.4, -0.2) is 109 Å². The first-order valence-corrected chi connectivity index (χ1v) is 13.3. The molecule has 1 unspecified atom stereocenters. The molecule has 1 aromatic carbocycles. The number of esters is 2. The number of ketones is 1. The van der Waals surface area contributed by atoms with Crippen LogP contribution in [0.4, 0.5) is 4.79 Å². The summed E-state index contributed by atoms with van der Waals surface area (Å²) in [5.74, 6) is -0.755. The van der Waals surface area contributed by atoms with Crippen molar-refractivity contribution in [3.63, 3.8) is 0 Å². The standard InChI is InChI=1S/C27H37N3O9/c1-4-25(33)38-19(3)39-27(35)28-12-10-21(11-13-28)29-14-15-30(24(32)17-29)16-23(31)20-6-8-22(9-7-20)37-18-26(34)36-5-2/h6-9,19,21H,4-5,10-18H2,1-3H3. The molecule has 0 bridgehead atoms. The molecule has 39 heavy (non-hydrogen) atoms. The summed E-state index contributed by atoms with van der Waals surface area (Å²) in [6.45, 7) is 7.18. The van der Waals surface area contributed by atoms with E-state index in [1.54, 1.807) is 47.9 Å². The van der Waals surface area contributed by atoms with Crippen molar-refractivity contribution in [2.75, 3.05) is 52.5 Å². The first kappa shape index (κ1) is 29.9. The zero-order valence-corrected chi connectivity index (χ0v) is 22.8. The van der Waals surface area contributed by atoms with Gasteiger partial charge in [-0.05, 0) is 44.0 Å². The van der Waals surface area contributed by atoms with Gasteiger partial charge in [0.25, 0.3) is 0 Å². The fourth-order valence-electron chi connectivity index (χ4n) is 4.47. The first-order chi connectivity index (χ1) is 18.7. The number of carbonyl (C=O) groups is 5. The van der Waals surface area contributed by atoms with E-state index in [4.69, 9.17) is 18.9 Å². The minimum absolute atomic E-state index is 0.0131. The van der Waals surface area contributed by atoms with Gasteiger partial charge in [0, 0.05) is 51.1 Å². The number of ether oxygens (including phenoxy) is 4. The van der Waals surface area contributed by atoms with Gasteiger partial charge in [0.05, 0.1) is 19.7 Å². The van der Waals surface area contributed by atoms with Gasteiger partial charge in [-0.25, -0.2) is 9.59 Å². The second-order valence-corrected chi connectivity index (χ2v) is 9.34. The number of rotatable bonds is 11. The molecule has 214 valence electrons. The second kappa shape index (κ2) is 14.5. The molecule has 0 N–H and O–H groups in total. The fourth-order valence-corrected chi connectivity index (χ4v) is 4.47. The zero-order chi connectivity index (χ0) is 28.4. The largest absolute Gasteiger partial charge is 0.482 e. The smallest absolute Gasteiger partial charge is 0.412 e. The van der Waals surface area contributed by atoms with E-state index in [1.807, 2.05) is 0 Å². The highest BCUT2D eigenvalue weighted by Gasteiger charge is 2.33. The Balaban J connectivity index is 1.40. The third-order valence-corrected chi connectivity index (χ3v) is 6.61. The Morgan fingerprint density at radius 3 is 2.26 bits per heavy atom. The van der Waals surface area contributed by atoms with Gasteiger partial charge in [0.15, 0.2) is 12.4 Å². The summed E-state index contributed by atoms with van der Waals surface area (Å²) in [6.07, 6.45) is 0.112. The Morgan fingerprint density at radius 1 is 0.949 bits per heavy atom. The van der Waals surface area contributed by atoms with Gasteiger partial charge in [-0.3, -0.25) is 19.3 Å². The van der Waals surface area contributed by atoms with Gasteiger partial charge in [-0.2, -0.15) is 0 Å². The molecule has 0 radical (unpaired) electrons. The lowest BCUT2D eigenvalue weighted by molar-refractivity contribution is -0.166. The van der Waals surface area contributed by atoms with Gasteiger partial charge in [0.2, 0.25) is 12.2 Å². The number of likely N-dealkylation sites (tertiary alicyclic amines) is 1. The lowest BCUT2D eigenvalue weighted by atomic mass is 10.0. The van der Waals surface area contributed by atoms with Gasteiger partial charge in [-0.15, -0.1) is 0 Å². The Labute approximate surface area is 228 Å². The van der Waals surface area contributed by atoms with Crippen LogP contribution < -0.4 is 4.74 Å². The summed E-state index contributed by atoms with van der Waals surface area (Å²) in [4.78, 5) is 65.9. The molecule has 1 atom stereocenters. The average molecular weight is 548 g/mol. The molecule has 12 heteroatoms. The maximum absolute atomic E-state index is 12.8. The van der Waals surface area contributed by atoms with Crippen molar-refractivity contribution in [3.05, 3.63) is 29.8 Å². The van der Waals surface area contributed by atoms with Crippen LogP contribution in [0.3, 0.4) is 0 Å². The number of hydrogen-bond acceptors (Lipinski definition) is 10. The number of nitrogens with zero attached hydrogens (tertiary/aromatic N) is 3. The topological polar surface area (TPSA) is 132 Å². The summed E-state index contributed by atoms with van der Waals surface area (Å²) < 4.78 is 20.3. The predicted octanol–water partition coefficient (Wildman–Crippen LogP) is 1.86. The van der Waals surface area contributed by atoms with E-state index in [0.29, 0.717) is 50.3 Å². The van der Waals surface area contributed by atoms with Crippen LogP contribution in [0.2, 0.25) is 0 Å². The molecule has 12 nitrogen and oxygen atoms in total. The molecular formula is C27H37N3O9. The second-order valence-electron chi connectivity index (χ2n) is 9.34. The predicted molar refractivity (Wildman–Crippen MR) is 138 cm³/mol. The van der Waals surface area contributed by atoms with E-state index in [1.165, 1.54) is 6.92 Å². The summed E-state index contributed by atoms with van der Waals surface area (Å²) in [5, 5.41) is 0. The third kappa shape index (κ3) is 8.95. The highest BCUT2D eigenvalue weighted by Crippen LogP contribution is 2.20. The zero-order valence-electron chi connectivity index (χ0n) is 22.8. The molecule has 2 aliphatic heterocycles. The van der Waals surface area contributed by atoms with E-state index in [-0.39, 0.29) is 50.5 Å². The molecule has 1 aromatic rings. The van der Waals surface area contributed by atoms with Crippen molar-refractivity contribution in [1.29, 1.82) is 0 Å². The van der Waals surface area contributed by atoms with Crippen LogP contribution >= 0.6 is 0 Å². The fraction of sp³-hybridized carbons (Fsp3) is 0.593. The Bertz CT molecular complexity index is 1020. The summed E-state index contributed by atoms with van der Waals surface area (Å²) in [7, 11) is 0. The molecule has 0 aliphatic carbocycles. The van der Waals surface area contributed by atoms with E-state index in [2.05, 4.69) is 4.90 Å². The van der Waals surface area contributed by atoms with Gasteiger partial charge in [0.1, 0.15) is 5.75 Å². The molecule has 2 amide bonds. The minimum atomic E-state index is -0.946. The molecule has 0 aromatic heterocycles. The monoisotopic (exact) mass is 547 g/mol. The number of amides is 2. The van der Waals surface area contributed by atoms with E-state index >= 15 is 0 Å². The average Bonchev–Trinajstić information content (AvgIpc) is 2.93. The number of benzene rings is 1. The quantitative estimate of drug-likeness (QED) is 0.230. The molecule has 0 saturated carbocycles. The van der Waals surface area contributed by atoms with E-state index in [0.717, 1.165) is 0 Å². The van der Waals surface area contributed by atoms with Crippen molar-refractivity contribution in [2.45, 2.75) is 52.4 Å². The molecule has 2 saturated heterocycles. The molecule has 2 heterocycles. The van der Waals surface area contributed by atoms with Crippen LogP contribution in [0.5, 0.6) is 5.75 Å². The van der Waals surface area contributed by atoms with E-state index in [9.17, 15) is 24.0 Å². The molecule has 2 fully saturated rings. The van der Waals surface area contributed by atoms with Crippen LogP contribution in [0.25, 0.3) is 0 Å². The maximum Gasteiger partial charge on any atom is 0.412 e. The Hall–Kier alpha value is -3.67. The maximum atomic E-state index is 12.8. The highest BCUT2D eigenvalue weighted by molar-refractivity contribution is 5.99. The van der Waals surface area contributed by atoms with Gasteiger partial charge in [-0.1, -0.05) is 6.92 Å². The Morgan fingerprint density at radius 2 is 1.64 bits per heavy atom. The summed E-state index contributed by atoms with van der Waals surface area (Å²) in [5.41, 5.74) is 0.451. The van der Waals surface area contributed by atoms with Crippen molar-refractivity contribution < 1.29 is 42.9 Å². The highest BCUT2D eigenvalue weighted by atomic mass is 16.7. The van der Waals surface area contributed by atoms with Crippen LogP contribution in [-0.2, 0) is 28.6 Å². The number of piperidine rings is 1. The number of hydrogen-bond donors (Lipinski definition) is 0. The molecule has 0 spiro atoms. The van der Waals surface area contributed by atoms with Crippen molar-refractivity contribution in [2.24, 2.45) is 0 Å².